The van der Waals surface area contributed by atoms with Crippen LogP contribution in [-0.4, -0.2) is 54.5 Å². The molecule has 1 rings (SSSR count). The number of hydrogen-bond donors (Lipinski definition) is 1. The second-order valence-corrected chi connectivity index (χ2v) is 5.35. The number of nitrogens with two attached hydrogens (primary N) is 1. The summed E-state index contributed by atoms with van der Waals surface area (Å²) in [4.78, 5) is 15.8. The maximum Gasteiger partial charge on any atom is 0.239 e. The first-order valence-electron chi connectivity index (χ1n) is 5.55. The summed E-state index contributed by atoms with van der Waals surface area (Å²) in [6.45, 7) is 5.78. The van der Waals surface area contributed by atoms with Crippen LogP contribution in [0.15, 0.2) is 0 Å². The van der Waals surface area contributed by atoms with Crippen molar-refractivity contribution in [3.63, 3.8) is 0 Å². The molecule has 5 heteroatoms. The van der Waals surface area contributed by atoms with Crippen molar-refractivity contribution in [2.24, 2.45) is 5.73 Å². The summed E-state index contributed by atoms with van der Waals surface area (Å²) >= 11 is 0. The lowest BCUT2D eigenvalue weighted by molar-refractivity contribution is -0.133. The molecule has 0 aromatic rings. The van der Waals surface area contributed by atoms with Gasteiger partial charge in [-0.15, -0.1) is 12.4 Å². The predicted molar refractivity (Wildman–Crippen MR) is 68.8 cm³/mol. The average molecular weight is 250 g/mol. The van der Waals surface area contributed by atoms with Gasteiger partial charge in [0, 0.05) is 26.2 Å². The standard InChI is InChI=1S/C11H23N3O.ClH/c1-11(2,12)8-14-7-5-6-9(14)10(15)13(3)4;/h9H,5-8,12H2,1-4H3;1H. The zero-order chi connectivity index (χ0) is 11.6. The molecule has 1 saturated heterocycles. The summed E-state index contributed by atoms with van der Waals surface area (Å²) in [5.41, 5.74) is 5.76. The third-order valence-corrected chi connectivity index (χ3v) is 2.70. The summed E-state index contributed by atoms with van der Waals surface area (Å²) in [5.74, 6) is 0.205. The molecule has 1 fully saturated rings. The van der Waals surface area contributed by atoms with E-state index in [1.54, 1.807) is 4.90 Å². The Labute approximate surface area is 105 Å². The van der Waals surface area contributed by atoms with Crippen LogP contribution in [0.4, 0.5) is 0 Å². The van der Waals surface area contributed by atoms with Crippen molar-refractivity contribution in [2.75, 3.05) is 27.2 Å². The van der Waals surface area contributed by atoms with Crippen LogP contribution < -0.4 is 5.73 Å². The fourth-order valence-electron chi connectivity index (χ4n) is 2.12. The van der Waals surface area contributed by atoms with Crippen molar-refractivity contribution in [1.29, 1.82) is 0 Å². The number of carbonyl (C=O) groups is 1. The van der Waals surface area contributed by atoms with Crippen LogP contribution >= 0.6 is 12.4 Å². The molecule has 0 spiro atoms. The lowest BCUT2D eigenvalue weighted by atomic mass is 10.1. The summed E-state index contributed by atoms with van der Waals surface area (Å²) in [6, 6.07) is 0.0443. The number of amides is 1. The minimum absolute atomic E-state index is 0. The molecule has 1 amide bonds. The third kappa shape index (κ3) is 4.28. The Kier molecular flexibility index (Phi) is 5.73. The zero-order valence-electron chi connectivity index (χ0n) is 10.7. The van der Waals surface area contributed by atoms with Gasteiger partial charge in [0.1, 0.15) is 0 Å². The molecule has 0 aromatic carbocycles. The predicted octanol–water partition coefficient (Wildman–Crippen LogP) is 0.698. The highest BCUT2D eigenvalue weighted by atomic mass is 35.5. The Morgan fingerprint density at radius 1 is 1.50 bits per heavy atom. The van der Waals surface area contributed by atoms with Crippen molar-refractivity contribution >= 4 is 18.3 Å². The van der Waals surface area contributed by atoms with E-state index in [2.05, 4.69) is 4.90 Å². The van der Waals surface area contributed by atoms with E-state index < -0.39 is 0 Å². The molecule has 0 aromatic heterocycles. The maximum absolute atomic E-state index is 11.9. The first-order valence-corrected chi connectivity index (χ1v) is 5.55. The highest BCUT2D eigenvalue weighted by molar-refractivity contribution is 5.85. The van der Waals surface area contributed by atoms with E-state index in [4.69, 9.17) is 5.73 Å². The summed E-state index contributed by atoms with van der Waals surface area (Å²) in [6.07, 6.45) is 2.06. The number of likely N-dealkylation sites (tertiary alicyclic amines) is 1. The van der Waals surface area contributed by atoms with Gasteiger partial charge in [0.25, 0.3) is 0 Å². The minimum atomic E-state index is -0.227. The number of nitrogens with zero attached hydrogens (tertiary/aromatic N) is 2. The largest absolute Gasteiger partial charge is 0.347 e. The van der Waals surface area contributed by atoms with Crippen molar-refractivity contribution < 1.29 is 4.79 Å². The van der Waals surface area contributed by atoms with Gasteiger partial charge < -0.3 is 10.6 Å². The first-order chi connectivity index (χ1) is 6.81. The van der Waals surface area contributed by atoms with E-state index in [9.17, 15) is 4.79 Å². The second-order valence-electron chi connectivity index (χ2n) is 5.35. The van der Waals surface area contributed by atoms with Crippen molar-refractivity contribution in [2.45, 2.75) is 38.3 Å². The fraction of sp³-hybridized carbons (Fsp3) is 0.909. The van der Waals surface area contributed by atoms with Crippen LogP contribution in [0.1, 0.15) is 26.7 Å². The van der Waals surface area contributed by atoms with E-state index in [0.717, 1.165) is 25.9 Å². The molecule has 1 aliphatic heterocycles. The van der Waals surface area contributed by atoms with E-state index >= 15 is 0 Å². The Bertz CT molecular complexity index is 238. The average Bonchev–Trinajstić information content (AvgIpc) is 2.47. The third-order valence-electron chi connectivity index (χ3n) is 2.70. The topological polar surface area (TPSA) is 49.6 Å². The summed E-state index contributed by atoms with van der Waals surface area (Å²) < 4.78 is 0. The Balaban J connectivity index is 0.00000225. The molecule has 0 radical (unpaired) electrons. The van der Waals surface area contributed by atoms with Crippen molar-refractivity contribution in [1.82, 2.24) is 9.80 Å². The van der Waals surface area contributed by atoms with Crippen LogP contribution in [0.25, 0.3) is 0 Å². The van der Waals surface area contributed by atoms with Gasteiger partial charge in [-0.1, -0.05) is 0 Å². The lowest BCUT2D eigenvalue weighted by Crippen LogP contribution is -2.51. The van der Waals surface area contributed by atoms with Gasteiger partial charge in [-0.25, -0.2) is 0 Å². The Morgan fingerprint density at radius 2 is 2.06 bits per heavy atom. The van der Waals surface area contributed by atoms with Crippen molar-refractivity contribution in [3.05, 3.63) is 0 Å². The van der Waals surface area contributed by atoms with Crippen LogP contribution in [0.5, 0.6) is 0 Å². The molecule has 0 bridgehead atoms. The molecule has 0 saturated carbocycles. The van der Waals surface area contributed by atoms with E-state index in [1.165, 1.54) is 0 Å². The molecular formula is C11H24ClN3O. The van der Waals surface area contributed by atoms with Gasteiger partial charge in [-0.05, 0) is 33.2 Å². The maximum atomic E-state index is 11.9. The van der Waals surface area contributed by atoms with Crippen LogP contribution in [0.2, 0.25) is 0 Å². The number of likely N-dealkylation sites (N-methyl/N-ethyl adjacent to an activating group) is 1. The highest BCUT2D eigenvalue weighted by Gasteiger charge is 2.33. The molecule has 1 unspecified atom stereocenters. The molecule has 4 nitrogen and oxygen atoms in total. The fourth-order valence-corrected chi connectivity index (χ4v) is 2.12. The smallest absolute Gasteiger partial charge is 0.239 e. The number of rotatable bonds is 3. The van der Waals surface area contributed by atoms with E-state index in [0.29, 0.717) is 0 Å². The monoisotopic (exact) mass is 249 g/mol. The lowest BCUT2D eigenvalue weighted by Gasteiger charge is -2.31. The second kappa shape index (κ2) is 5.84. The SMILES string of the molecule is CN(C)C(=O)C1CCCN1CC(C)(C)N.Cl. The van der Waals surface area contributed by atoms with Gasteiger partial charge >= 0.3 is 0 Å². The molecule has 1 aliphatic rings. The van der Waals surface area contributed by atoms with Gasteiger partial charge in [-0.3, -0.25) is 9.69 Å². The molecular weight excluding hydrogens is 226 g/mol. The zero-order valence-corrected chi connectivity index (χ0v) is 11.5. The molecule has 1 atom stereocenters. The summed E-state index contributed by atoms with van der Waals surface area (Å²) in [7, 11) is 3.62. The number of halogens is 1. The first kappa shape index (κ1) is 15.7. The quantitative estimate of drug-likeness (QED) is 0.801. The van der Waals surface area contributed by atoms with Crippen LogP contribution in [0.3, 0.4) is 0 Å². The van der Waals surface area contributed by atoms with E-state index in [1.807, 2.05) is 27.9 Å². The van der Waals surface area contributed by atoms with E-state index in [-0.39, 0.29) is 29.9 Å². The molecule has 16 heavy (non-hydrogen) atoms. The Hall–Kier alpha value is -0.320. The number of hydrogen-bond acceptors (Lipinski definition) is 3. The molecule has 1 heterocycles. The highest BCUT2D eigenvalue weighted by Crippen LogP contribution is 2.20. The molecule has 2 N–H and O–H groups in total. The van der Waals surface area contributed by atoms with Crippen LogP contribution in [0, 0.1) is 0 Å². The van der Waals surface area contributed by atoms with Gasteiger partial charge in [-0.2, -0.15) is 0 Å². The molecule has 0 aliphatic carbocycles. The van der Waals surface area contributed by atoms with Gasteiger partial charge in [0.05, 0.1) is 6.04 Å². The van der Waals surface area contributed by atoms with Gasteiger partial charge in [0.15, 0.2) is 0 Å². The normalized spacial score (nSPS) is 21.7. The van der Waals surface area contributed by atoms with Crippen molar-refractivity contribution in [3.8, 4) is 0 Å². The summed E-state index contributed by atoms with van der Waals surface area (Å²) in [5, 5.41) is 0. The minimum Gasteiger partial charge on any atom is -0.347 e. The van der Waals surface area contributed by atoms with Gasteiger partial charge in [0.2, 0.25) is 5.91 Å². The van der Waals surface area contributed by atoms with Crippen LogP contribution in [-0.2, 0) is 4.79 Å². The Morgan fingerprint density at radius 3 is 2.50 bits per heavy atom. The molecule has 96 valence electrons. The number of carbonyl (C=O) groups excluding carboxylic acids is 1.